The standard InChI is InChI=1S/C10H11N3O3/c1-8-6-9(13(15)16)7-12(10(8)14)5-3-2-4-11/h6-7H,2-3,5H2,1H3. The number of pyridine rings is 1. The third kappa shape index (κ3) is 2.67. The van der Waals surface area contributed by atoms with Crippen LogP contribution in [0.1, 0.15) is 18.4 Å². The highest BCUT2D eigenvalue weighted by molar-refractivity contribution is 5.30. The second kappa shape index (κ2) is 5.07. The summed E-state index contributed by atoms with van der Waals surface area (Å²) in [5, 5.41) is 18.9. The maximum Gasteiger partial charge on any atom is 0.286 e. The highest BCUT2D eigenvalue weighted by Crippen LogP contribution is 2.09. The lowest BCUT2D eigenvalue weighted by molar-refractivity contribution is -0.385. The van der Waals surface area contributed by atoms with Crippen LogP contribution in [0.2, 0.25) is 0 Å². The largest absolute Gasteiger partial charge is 0.309 e. The summed E-state index contributed by atoms with van der Waals surface area (Å²) in [6.07, 6.45) is 2.05. The quantitative estimate of drug-likeness (QED) is 0.436. The average molecular weight is 221 g/mol. The Bertz CT molecular complexity index is 499. The number of hydrogen-bond donors (Lipinski definition) is 0. The number of nitrogens with zero attached hydrogens (tertiary/aromatic N) is 3. The lowest BCUT2D eigenvalue weighted by Crippen LogP contribution is -2.22. The smallest absolute Gasteiger partial charge is 0.286 e. The summed E-state index contributed by atoms with van der Waals surface area (Å²) in [6.45, 7) is 1.87. The Labute approximate surface area is 91.9 Å². The van der Waals surface area contributed by atoms with Crippen LogP contribution in [0.5, 0.6) is 0 Å². The molecule has 0 amide bonds. The zero-order valence-electron chi connectivity index (χ0n) is 8.84. The molecule has 0 fully saturated rings. The predicted octanol–water partition coefficient (Wildman–Crippen LogP) is 1.37. The molecule has 1 rings (SSSR count). The molecule has 0 N–H and O–H groups in total. The molecule has 1 heterocycles. The number of nitro groups is 1. The number of hydrogen-bond acceptors (Lipinski definition) is 4. The van der Waals surface area contributed by atoms with Gasteiger partial charge in [0.2, 0.25) is 0 Å². The van der Waals surface area contributed by atoms with E-state index in [0.717, 1.165) is 0 Å². The van der Waals surface area contributed by atoms with E-state index in [4.69, 9.17) is 5.26 Å². The minimum atomic E-state index is -0.534. The molecule has 0 unspecified atom stereocenters. The van der Waals surface area contributed by atoms with Crippen molar-refractivity contribution in [1.82, 2.24) is 4.57 Å². The van der Waals surface area contributed by atoms with Crippen molar-refractivity contribution in [3.8, 4) is 6.07 Å². The van der Waals surface area contributed by atoms with Gasteiger partial charge < -0.3 is 4.57 Å². The van der Waals surface area contributed by atoms with Crippen LogP contribution in [0.25, 0.3) is 0 Å². The first kappa shape index (κ1) is 11.9. The molecule has 0 bridgehead atoms. The van der Waals surface area contributed by atoms with E-state index in [2.05, 4.69) is 0 Å². The van der Waals surface area contributed by atoms with Crippen LogP contribution in [-0.2, 0) is 6.54 Å². The number of aryl methyl sites for hydroxylation is 2. The molecule has 0 saturated carbocycles. The van der Waals surface area contributed by atoms with Gasteiger partial charge in [-0.3, -0.25) is 14.9 Å². The molecule has 0 atom stereocenters. The molecule has 0 aromatic carbocycles. The summed E-state index contributed by atoms with van der Waals surface area (Å²) in [5.41, 5.74) is -0.0104. The van der Waals surface area contributed by atoms with E-state index in [1.54, 1.807) is 0 Å². The third-order valence-corrected chi connectivity index (χ3v) is 2.15. The summed E-state index contributed by atoms with van der Waals surface area (Å²) in [5.74, 6) is 0. The van der Waals surface area contributed by atoms with E-state index in [-0.39, 0.29) is 11.2 Å². The number of aromatic nitrogens is 1. The molecule has 16 heavy (non-hydrogen) atoms. The molecular formula is C10H11N3O3. The zero-order valence-corrected chi connectivity index (χ0v) is 8.84. The van der Waals surface area contributed by atoms with Crippen LogP contribution in [0, 0.1) is 28.4 Å². The Morgan fingerprint density at radius 1 is 1.62 bits per heavy atom. The van der Waals surface area contributed by atoms with Crippen LogP contribution in [0.3, 0.4) is 0 Å². The highest BCUT2D eigenvalue weighted by Gasteiger charge is 2.10. The Kier molecular flexibility index (Phi) is 3.78. The van der Waals surface area contributed by atoms with Gasteiger partial charge in [-0.1, -0.05) is 0 Å². The summed E-state index contributed by atoms with van der Waals surface area (Å²) in [4.78, 5) is 21.6. The topological polar surface area (TPSA) is 88.9 Å². The molecule has 0 radical (unpaired) electrons. The van der Waals surface area contributed by atoms with Gasteiger partial charge in [0.1, 0.15) is 0 Å². The first-order chi connectivity index (χ1) is 7.56. The molecule has 0 aliphatic rings. The lowest BCUT2D eigenvalue weighted by Gasteiger charge is -2.04. The minimum Gasteiger partial charge on any atom is -0.309 e. The monoisotopic (exact) mass is 221 g/mol. The summed E-state index contributed by atoms with van der Waals surface area (Å²) >= 11 is 0. The normalized spacial score (nSPS) is 9.75. The number of nitriles is 1. The molecule has 0 spiro atoms. The fourth-order valence-electron chi connectivity index (χ4n) is 1.36. The van der Waals surface area contributed by atoms with E-state index in [1.165, 1.54) is 23.8 Å². The van der Waals surface area contributed by atoms with Crippen molar-refractivity contribution < 1.29 is 4.92 Å². The Hall–Kier alpha value is -2.16. The molecule has 6 nitrogen and oxygen atoms in total. The Morgan fingerprint density at radius 2 is 2.31 bits per heavy atom. The maximum atomic E-state index is 11.6. The fourth-order valence-corrected chi connectivity index (χ4v) is 1.36. The van der Waals surface area contributed by atoms with Gasteiger partial charge in [0.15, 0.2) is 0 Å². The van der Waals surface area contributed by atoms with E-state index >= 15 is 0 Å². The van der Waals surface area contributed by atoms with Crippen molar-refractivity contribution in [3.05, 3.63) is 38.3 Å². The minimum absolute atomic E-state index is 0.103. The van der Waals surface area contributed by atoms with Crippen LogP contribution in [0.15, 0.2) is 17.1 Å². The van der Waals surface area contributed by atoms with E-state index in [0.29, 0.717) is 24.9 Å². The van der Waals surface area contributed by atoms with Crippen molar-refractivity contribution in [2.75, 3.05) is 0 Å². The molecule has 1 aromatic heterocycles. The molecule has 0 saturated heterocycles. The number of rotatable bonds is 4. The Morgan fingerprint density at radius 3 is 2.88 bits per heavy atom. The molecule has 0 aliphatic heterocycles. The van der Waals surface area contributed by atoms with Crippen LogP contribution in [-0.4, -0.2) is 9.49 Å². The van der Waals surface area contributed by atoms with Gasteiger partial charge in [0, 0.05) is 24.6 Å². The van der Waals surface area contributed by atoms with Gasteiger partial charge in [0.25, 0.3) is 11.2 Å². The summed E-state index contributed by atoms with van der Waals surface area (Å²) < 4.78 is 1.28. The SMILES string of the molecule is Cc1cc([N+](=O)[O-])cn(CCCC#N)c1=O. The number of unbranched alkanes of at least 4 members (excludes halogenated alkanes) is 1. The van der Waals surface area contributed by atoms with Crippen molar-refractivity contribution in [1.29, 1.82) is 5.26 Å². The first-order valence-corrected chi connectivity index (χ1v) is 4.78. The van der Waals surface area contributed by atoms with E-state index in [9.17, 15) is 14.9 Å². The van der Waals surface area contributed by atoms with Gasteiger partial charge in [-0.15, -0.1) is 0 Å². The fraction of sp³-hybridized carbons (Fsp3) is 0.400. The van der Waals surface area contributed by atoms with E-state index < -0.39 is 4.92 Å². The molecule has 1 aromatic rings. The van der Waals surface area contributed by atoms with Crippen molar-refractivity contribution in [3.63, 3.8) is 0 Å². The van der Waals surface area contributed by atoms with Gasteiger partial charge in [-0.2, -0.15) is 5.26 Å². The molecule has 84 valence electrons. The van der Waals surface area contributed by atoms with Gasteiger partial charge >= 0.3 is 0 Å². The highest BCUT2D eigenvalue weighted by atomic mass is 16.6. The lowest BCUT2D eigenvalue weighted by atomic mass is 10.2. The molecular weight excluding hydrogens is 210 g/mol. The van der Waals surface area contributed by atoms with Crippen molar-refractivity contribution in [2.45, 2.75) is 26.3 Å². The van der Waals surface area contributed by atoms with Crippen LogP contribution < -0.4 is 5.56 Å². The van der Waals surface area contributed by atoms with Crippen LogP contribution in [0.4, 0.5) is 5.69 Å². The van der Waals surface area contributed by atoms with Crippen molar-refractivity contribution in [2.24, 2.45) is 0 Å². The second-order valence-corrected chi connectivity index (χ2v) is 3.40. The van der Waals surface area contributed by atoms with E-state index in [1.807, 2.05) is 6.07 Å². The third-order valence-electron chi connectivity index (χ3n) is 2.15. The second-order valence-electron chi connectivity index (χ2n) is 3.40. The predicted molar refractivity (Wildman–Crippen MR) is 56.9 cm³/mol. The molecule has 0 aliphatic carbocycles. The average Bonchev–Trinajstić information content (AvgIpc) is 2.24. The van der Waals surface area contributed by atoms with Gasteiger partial charge in [0.05, 0.1) is 17.2 Å². The maximum absolute atomic E-state index is 11.6. The van der Waals surface area contributed by atoms with Crippen molar-refractivity contribution >= 4 is 5.69 Å². The Balaban J connectivity index is 3.03. The first-order valence-electron chi connectivity index (χ1n) is 4.78. The van der Waals surface area contributed by atoms with Crippen LogP contribution >= 0.6 is 0 Å². The van der Waals surface area contributed by atoms with Gasteiger partial charge in [-0.05, 0) is 13.3 Å². The van der Waals surface area contributed by atoms with Gasteiger partial charge in [-0.25, -0.2) is 0 Å². The summed E-state index contributed by atoms with van der Waals surface area (Å²) in [7, 11) is 0. The molecule has 6 heteroatoms. The summed E-state index contributed by atoms with van der Waals surface area (Å²) in [6, 6.07) is 3.21. The zero-order chi connectivity index (χ0) is 12.1.